The molecular weight excluding hydrogens is 260 g/mol. The Bertz CT molecular complexity index is 514. The number of rotatable bonds is 5. The Morgan fingerprint density at radius 3 is 2.60 bits per heavy atom. The summed E-state index contributed by atoms with van der Waals surface area (Å²) in [7, 11) is 1.24. The predicted molar refractivity (Wildman–Crippen MR) is 73.1 cm³/mol. The standard InChI is InChI=1S/C14H18N2O4/c1-9-5-4-6-11(7-9)13(18)15-8-12(17)16-10(2)14(19)20-3/h4-7,10H,8H2,1-3H3,(H,15,18)(H,16,17). The number of amides is 2. The van der Waals surface area contributed by atoms with E-state index in [0.717, 1.165) is 5.56 Å². The third-order valence-electron chi connectivity index (χ3n) is 2.62. The molecule has 20 heavy (non-hydrogen) atoms. The first-order valence-electron chi connectivity index (χ1n) is 6.16. The molecular formula is C14H18N2O4. The van der Waals surface area contributed by atoms with Crippen molar-refractivity contribution in [3.8, 4) is 0 Å². The largest absolute Gasteiger partial charge is 0.467 e. The highest BCUT2D eigenvalue weighted by Gasteiger charge is 2.16. The van der Waals surface area contributed by atoms with Crippen LogP contribution in [-0.2, 0) is 14.3 Å². The quantitative estimate of drug-likeness (QED) is 0.764. The van der Waals surface area contributed by atoms with Crippen LogP contribution in [0.15, 0.2) is 24.3 Å². The van der Waals surface area contributed by atoms with E-state index in [-0.39, 0.29) is 12.5 Å². The summed E-state index contributed by atoms with van der Waals surface area (Å²) in [4.78, 5) is 34.5. The Kier molecular flexibility index (Phi) is 5.71. The van der Waals surface area contributed by atoms with Crippen molar-refractivity contribution in [2.45, 2.75) is 19.9 Å². The Hall–Kier alpha value is -2.37. The van der Waals surface area contributed by atoms with Crippen molar-refractivity contribution < 1.29 is 19.1 Å². The van der Waals surface area contributed by atoms with Gasteiger partial charge in [-0.25, -0.2) is 4.79 Å². The number of hydrogen-bond acceptors (Lipinski definition) is 4. The lowest BCUT2D eigenvalue weighted by Gasteiger charge is -2.12. The van der Waals surface area contributed by atoms with E-state index < -0.39 is 17.9 Å². The van der Waals surface area contributed by atoms with Crippen LogP contribution in [0.5, 0.6) is 0 Å². The van der Waals surface area contributed by atoms with Gasteiger partial charge >= 0.3 is 5.97 Å². The zero-order valence-electron chi connectivity index (χ0n) is 11.7. The number of methoxy groups -OCH3 is 1. The van der Waals surface area contributed by atoms with Crippen LogP contribution < -0.4 is 10.6 Å². The van der Waals surface area contributed by atoms with Gasteiger partial charge in [0.2, 0.25) is 5.91 Å². The van der Waals surface area contributed by atoms with Gasteiger partial charge in [-0.1, -0.05) is 17.7 Å². The third kappa shape index (κ3) is 4.72. The van der Waals surface area contributed by atoms with Gasteiger partial charge in [0.25, 0.3) is 5.91 Å². The molecule has 0 aliphatic rings. The summed E-state index contributed by atoms with van der Waals surface area (Å²) < 4.78 is 4.48. The number of carbonyl (C=O) groups excluding carboxylic acids is 3. The first kappa shape index (κ1) is 15.7. The van der Waals surface area contributed by atoms with E-state index in [4.69, 9.17) is 0 Å². The molecule has 1 atom stereocenters. The molecule has 0 aliphatic carbocycles. The molecule has 0 saturated heterocycles. The van der Waals surface area contributed by atoms with Gasteiger partial charge in [0.05, 0.1) is 13.7 Å². The second-order valence-corrected chi connectivity index (χ2v) is 4.36. The van der Waals surface area contributed by atoms with Crippen LogP contribution in [0.1, 0.15) is 22.8 Å². The number of hydrogen-bond donors (Lipinski definition) is 2. The molecule has 0 bridgehead atoms. The van der Waals surface area contributed by atoms with E-state index in [0.29, 0.717) is 5.56 Å². The lowest BCUT2D eigenvalue weighted by atomic mass is 10.1. The first-order valence-corrected chi connectivity index (χ1v) is 6.16. The van der Waals surface area contributed by atoms with Gasteiger partial charge in [0, 0.05) is 5.56 Å². The van der Waals surface area contributed by atoms with Crippen LogP contribution in [0.2, 0.25) is 0 Å². The van der Waals surface area contributed by atoms with E-state index in [1.54, 1.807) is 18.2 Å². The zero-order valence-corrected chi connectivity index (χ0v) is 11.7. The maximum absolute atomic E-state index is 11.8. The molecule has 0 aromatic heterocycles. The summed E-state index contributed by atoms with van der Waals surface area (Å²) in [5.41, 5.74) is 1.44. The van der Waals surface area contributed by atoms with E-state index in [1.165, 1.54) is 14.0 Å². The maximum atomic E-state index is 11.8. The molecule has 0 saturated carbocycles. The summed E-state index contributed by atoms with van der Waals surface area (Å²) in [6.45, 7) is 3.18. The minimum Gasteiger partial charge on any atom is -0.467 e. The third-order valence-corrected chi connectivity index (χ3v) is 2.62. The smallest absolute Gasteiger partial charge is 0.328 e. The number of nitrogens with one attached hydrogen (secondary N) is 2. The molecule has 108 valence electrons. The van der Waals surface area contributed by atoms with Gasteiger partial charge in [0.1, 0.15) is 6.04 Å². The Balaban J connectivity index is 2.45. The summed E-state index contributed by atoms with van der Waals surface area (Å²) >= 11 is 0. The number of ether oxygens (including phenoxy) is 1. The lowest BCUT2D eigenvalue weighted by Crippen LogP contribution is -2.44. The summed E-state index contributed by atoms with van der Waals surface area (Å²) in [5.74, 6) is -1.33. The van der Waals surface area contributed by atoms with E-state index >= 15 is 0 Å². The van der Waals surface area contributed by atoms with Gasteiger partial charge in [-0.2, -0.15) is 0 Å². The SMILES string of the molecule is COC(=O)C(C)NC(=O)CNC(=O)c1cccc(C)c1. The van der Waals surface area contributed by atoms with Crippen molar-refractivity contribution >= 4 is 17.8 Å². The van der Waals surface area contributed by atoms with Crippen molar-refractivity contribution in [2.75, 3.05) is 13.7 Å². The van der Waals surface area contributed by atoms with Crippen LogP contribution in [-0.4, -0.2) is 37.5 Å². The molecule has 1 aromatic carbocycles. The van der Waals surface area contributed by atoms with Crippen molar-refractivity contribution in [1.29, 1.82) is 0 Å². The number of benzene rings is 1. The molecule has 1 unspecified atom stereocenters. The van der Waals surface area contributed by atoms with E-state index in [2.05, 4.69) is 15.4 Å². The second-order valence-electron chi connectivity index (χ2n) is 4.36. The molecule has 0 spiro atoms. The van der Waals surface area contributed by atoms with Gasteiger partial charge in [0.15, 0.2) is 0 Å². The van der Waals surface area contributed by atoms with Gasteiger partial charge in [-0.3, -0.25) is 9.59 Å². The topological polar surface area (TPSA) is 84.5 Å². The average Bonchev–Trinajstić information content (AvgIpc) is 2.43. The molecule has 0 heterocycles. The number of aryl methyl sites for hydroxylation is 1. The van der Waals surface area contributed by atoms with Crippen molar-refractivity contribution in [3.05, 3.63) is 35.4 Å². The van der Waals surface area contributed by atoms with Crippen molar-refractivity contribution in [1.82, 2.24) is 10.6 Å². The Morgan fingerprint density at radius 2 is 2.00 bits per heavy atom. The number of carbonyl (C=O) groups is 3. The van der Waals surface area contributed by atoms with Gasteiger partial charge in [-0.15, -0.1) is 0 Å². The van der Waals surface area contributed by atoms with Crippen LogP contribution >= 0.6 is 0 Å². The van der Waals surface area contributed by atoms with Crippen molar-refractivity contribution in [2.24, 2.45) is 0 Å². The summed E-state index contributed by atoms with van der Waals surface area (Å²) in [6.07, 6.45) is 0. The summed E-state index contributed by atoms with van der Waals surface area (Å²) in [5, 5.41) is 4.91. The molecule has 6 heteroatoms. The van der Waals surface area contributed by atoms with Crippen LogP contribution in [0.25, 0.3) is 0 Å². The highest BCUT2D eigenvalue weighted by molar-refractivity contribution is 5.97. The van der Waals surface area contributed by atoms with Crippen LogP contribution in [0.3, 0.4) is 0 Å². The fraction of sp³-hybridized carbons (Fsp3) is 0.357. The lowest BCUT2D eigenvalue weighted by molar-refractivity contribution is -0.144. The van der Waals surface area contributed by atoms with Gasteiger partial charge < -0.3 is 15.4 Å². The van der Waals surface area contributed by atoms with Crippen molar-refractivity contribution in [3.63, 3.8) is 0 Å². The molecule has 0 radical (unpaired) electrons. The normalized spacial score (nSPS) is 11.3. The molecule has 2 N–H and O–H groups in total. The van der Waals surface area contributed by atoms with Crippen LogP contribution in [0.4, 0.5) is 0 Å². The molecule has 6 nitrogen and oxygen atoms in total. The molecule has 1 rings (SSSR count). The molecule has 1 aromatic rings. The maximum Gasteiger partial charge on any atom is 0.328 e. The molecule has 2 amide bonds. The summed E-state index contributed by atoms with van der Waals surface area (Å²) in [6, 6.07) is 6.29. The second kappa shape index (κ2) is 7.28. The monoisotopic (exact) mass is 278 g/mol. The fourth-order valence-corrected chi connectivity index (χ4v) is 1.58. The fourth-order valence-electron chi connectivity index (χ4n) is 1.58. The zero-order chi connectivity index (χ0) is 15.1. The first-order chi connectivity index (χ1) is 9.43. The van der Waals surface area contributed by atoms with Crippen LogP contribution in [0, 0.1) is 6.92 Å². The molecule has 0 fully saturated rings. The molecule has 0 aliphatic heterocycles. The minimum atomic E-state index is -0.747. The number of esters is 1. The minimum absolute atomic E-state index is 0.200. The van der Waals surface area contributed by atoms with Gasteiger partial charge in [-0.05, 0) is 26.0 Å². The highest BCUT2D eigenvalue weighted by atomic mass is 16.5. The van der Waals surface area contributed by atoms with E-state index in [9.17, 15) is 14.4 Å². The predicted octanol–water partition coefficient (Wildman–Crippen LogP) is 0.403. The van der Waals surface area contributed by atoms with E-state index in [1.807, 2.05) is 13.0 Å². The average molecular weight is 278 g/mol. The Morgan fingerprint density at radius 1 is 1.30 bits per heavy atom. The highest BCUT2D eigenvalue weighted by Crippen LogP contribution is 2.03. The Labute approximate surface area is 117 Å².